The van der Waals surface area contributed by atoms with Crippen LogP contribution in [0.15, 0.2) is 18.3 Å². The van der Waals surface area contributed by atoms with Crippen molar-refractivity contribution < 1.29 is 4.74 Å². The molecule has 1 aromatic heterocycles. The van der Waals surface area contributed by atoms with E-state index in [0.717, 1.165) is 38.3 Å². The maximum Gasteiger partial charge on any atom is 0.142 e. The zero-order valence-electron chi connectivity index (χ0n) is 10.7. The van der Waals surface area contributed by atoms with Gasteiger partial charge in [0.25, 0.3) is 0 Å². The van der Waals surface area contributed by atoms with E-state index in [0.29, 0.717) is 11.7 Å². The molecule has 1 saturated heterocycles. The first kappa shape index (κ1) is 13.0. The van der Waals surface area contributed by atoms with Gasteiger partial charge in [0.05, 0.1) is 13.2 Å². The van der Waals surface area contributed by atoms with Gasteiger partial charge in [0.2, 0.25) is 0 Å². The van der Waals surface area contributed by atoms with Gasteiger partial charge in [-0.3, -0.25) is 15.3 Å². The lowest BCUT2D eigenvalue weighted by Crippen LogP contribution is -2.44. The van der Waals surface area contributed by atoms with Crippen LogP contribution in [0.5, 0.6) is 0 Å². The van der Waals surface area contributed by atoms with Crippen molar-refractivity contribution in [2.24, 2.45) is 5.73 Å². The van der Waals surface area contributed by atoms with Crippen LogP contribution in [0.2, 0.25) is 0 Å². The predicted molar refractivity (Wildman–Crippen MR) is 70.6 cm³/mol. The Morgan fingerprint density at radius 2 is 2.50 bits per heavy atom. The topological polar surface area (TPSA) is 75.2 Å². The fourth-order valence-electron chi connectivity index (χ4n) is 2.30. The minimum absolute atomic E-state index is 0.0342. The number of ether oxygens (including phenoxy) is 1. The van der Waals surface area contributed by atoms with Crippen molar-refractivity contribution >= 4 is 5.84 Å². The molecule has 1 aliphatic heterocycles. The van der Waals surface area contributed by atoms with Crippen LogP contribution >= 0.6 is 0 Å². The van der Waals surface area contributed by atoms with Gasteiger partial charge in [-0.1, -0.05) is 13.0 Å². The average molecular weight is 248 g/mol. The van der Waals surface area contributed by atoms with Gasteiger partial charge in [0.1, 0.15) is 11.5 Å². The van der Waals surface area contributed by atoms with Gasteiger partial charge < -0.3 is 10.5 Å². The van der Waals surface area contributed by atoms with Crippen molar-refractivity contribution in [1.29, 1.82) is 5.41 Å². The number of nitrogens with zero attached hydrogens (tertiary/aromatic N) is 2. The Labute approximate surface area is 107 Å². The van der Waals surface area contributed by atoms with E-state index in [4.69, 9.17) is 15.9 Å². The second kappa shape index (κ2) is 5.93. The van der Waals surface area contributed by atoms with Crippen molar-refractivity contribution in [3.63, 3.8) is 0 Å². The van der Waals surface area contributed by atoms with Crippen molar-refractivity contribution in [2.45, 2.75) is 25.9 Å². The first-order valence-electron chi connectivity index (χ1n) is 6.32. The van der Waals surface area contributed by atoms with Gasteiger partial charge >= 0.3 is 0 Å². The Morgan fingerprint density at radius 1 is 1.67 bits per heavy atom. The van der Waals surface area contributed by atoms with E-state index in [-0.39, 0.29) is 5.84 Å². The fourth-order valence-corrected chi connectivity index (χ4v) is 2.30. The summed E-state index contributed by atoms with van der Waals surface area (Å²) < 4.78 is 5.49. The number of rotatable bonds is 4. The first-order valence-corrected chi connectivity index (χ1v) is 6.32. The monoisotopic (exact) mass is 248 g/mol. The average Bonchev–Trinajstić information content (AvgIpc) is 2.40. The van der Waals surface area contributed by atoms with Crippen molar-refractivity contribution in [2.75, 3.05) is 19.8 Å². The largest absolute Gasteiger partial charge is 0.382 e. The van der Waals surface area contributed by atoms with Crippen LogP contribution in [0.3, 0.4) is 0 Å². The number of nitrogens with two attached hydrogens (primary N) is 1. The summed E-state index contributed by atoms with van der Waals surface area (Å²) >= 11 is 0. The molecule has 18 heavy (non-hydrogen) atoms. The Balaban J connectivity index is 2.15. The highest BCUT2D eigenvalue weighted by Crippen LogP contribution is 2.16. The number of aromatic nitrogens is 1. The SMILES string of the molecule is CCC1COCCN1Cc1cccnc1C(=N)N. The Bertz CT molecular complexity index is 421. The summed E-state index contributed by atoms with van der Waals surface area (Å²) in [6.07, 6.45) is 2.74. The van der Waals surface area contributed by atoms with E-state index in [1.807, 2.05) is 12.1 Å². The van der Waals surface area contributed by atoms with E-state index in [1.165, 1.54) is 0 Å². The summed E-state index contributed by atoms with van der Waals surface area (Å²) in [4.78, 5) is 6.57. The summed E-state index contributed by atoms with van der Waals surface area (Å²) in [5, 5.41) is 7.56. The van der Waals surface area contributed by atoms with Gasteiger partial charge in [0.15, 0.2) is 0 Å². The minimum Gasteiger partial charge on any atom is -0.382 e. The maximum atomic E-state index is 7.56. The molecule has 1 unspecified atom stereocenters. The summed E-state index contributed by atoms with van der Waals surface area (Å²) in [5.74, 6) is 0.0342. The number of nitrogen functional groups attached to an aromatic ring is 1. The van der Waals surface area contributed by atoms with Crippen molar-refractivity contribution in [1.82, 2.24) is 9.88 Å². The fraction of sp³-hybridized carbons (Fsp3) is 0.538. The lowest BCUT2D eigenvalue weighted by Gasteiger charge is -2.35. The Morgan fingerprint density at radius 3 is 3.22 bits per heavy atom. The summed E-state index contributed by atoms with van der Waals surface area (Å²) in [5.41, 5.74) is 7.18. The molecule has 0 radical (unpaired) electrons. The zero-order chi connectivity index (χ0) is 13.0. The quantitative estimate of drug-likeness (QED) is 0.615. The second-order valence-electron chi connectivity index (χ2n) is 4.53. The third-order valence-corrected chi connectivity index (χ3v) is 3.34. The molecule has 5 nitrogen and oxygen atoms in total. The van der Waals surface area contributed by atoms with Crippen LogP contribution in [-0.4, -0.2) is 41.5 Å². The molecular formula is C13H20N4O. The molecule has 0 aliphatic carbocycles. The third kappa shape index (κ3) is 2.86. The smallest absolute Gasteiger partial charge is 0.142 e. The lowest BCUT2D eigenvalue weighted by atomic mass is 10.1. The Hall–Kier alpha value is -1.46. The number of pyridine rings is 1. The number of amidine groups is 1. The molecule has 2 rings (SSSR count). The third-order valence-electron chi connectivity index (χ3n) is 3.34. The normalized spacial score (nSPS) is 20.8. The molecule has 5 heteroatoms. The second-order valence-corrected chi connectivity index (χ2v) is 4.53. The van der Waals surface area contributed by atoms with Gasteiger partial charge in [-0.05, 0) is 18.1 Å². The van der Waals surface area contributed by atoms with E-state index in [1.54, 1.807) is 6.20 Å². The molecule has 1 fully saturated rings. The lowest BCUT2D eigenvalue weighted by molar-refractivity contribution is -0.0127. The number of nitrogens with one attached hydrogen (secondary N) is 1. The van der Waals surface area contributed by atoms with Crippen LogP contribution in [0.25, 0.3) is 0 Å². The van der Waals surface area contributed by atoms with E-state index < -0.39 is 0 Å². The standard InChI is InChI=1S/C13H20N4O/c1-2-11-9-18-7-6-17(11)8-10-4-3-5-16-12(10)13(14)15/h3-5,11H,2,6-9H2,1H3,(H3,14,15). The van der Waals surface area contributed by atoms with Gasteiger partial charge in [0, 0.05) is 25.3 Å². The molecule has 0 aromatic carbocycles. The molecule has 3 N–H and O–H groups in total. The molecule has 0 amide bonds. The number of morpholine rings is 1. The summed E-state index contributed by atoms with van der Waals surface area (Å²) in [6, 6.07) is 4.33. The molecule has 98 valence electrons. The minimum atomic E-state index is 0.0342. The van der Waals surface area contributed by atoms with Crippen LogP contribution in [0.1, 0.15) is 24.6 Å². The Kier molecular flexibility index (Phi) is 4.28. The number of hydrogen-bond acceptors (Lipinski definition) is 4. The molecule has 0 bridgehead atoms. The molecule has 2 heterocycles. The zero-order valence-corrected chi connectivity index (χ0v) is 10.7. The van der Waals surface area contributed by atoms with Crippen LogP contribution in [0, 0.1) is 5.41 Å². The molecule has 1 aliphatic rings. The first-order chi connectivity index (χ1) is 8.72. The highest BCUT2D eigenvalue weighted by Gasteiger charge is 2.22. The van der Waals surface area contributed by atoms with Crippen LogP contribution in [0.4, 0.5) is 0 Å². The molecule has 0 saturated carbocycles. The van der Waals surface area contributed by atoms with E-state index in [2.05, 4.69) is 16.8 Å². The van der Waals surface area contributed by atoms with Crippen LogP contribution < -0.4 is 5.73 Å². The van der Waals surface area contributed by atoms with E-state index in [9.17, 15) is 0 Å². The van der Waals surface area contributed by atoms with Crippen molar-refractivity contribution in [3.05, 3.63) is 29.6 Å². The summed E-state index contributed by atoms with van der Waals surface area (Å²) in [7, 11) is 0. The van der Waals surface area contributed by atoms with Crippen LogP contribution in [-0.2, 0) is 11.3 Å². The molecule has 1 atom stereocenters. The van der Waals surface area contributed by atoms with Crippen molar-refractivity contribution in [3.8, 4) is 0 Å². The predicted octanol–water partition coefficient (Wildman–Crippen LogP) is 0.976. The molecular weight excluding hydrogens is 228 g/mol. The maximum absolute atomic E-state index is 7.56. The van der Waals surface area contributed by atoms with Gasteiger partial charge in [-0.25, -0.2) is 0 Å². The number of hydrogen-bond donors (Lipinski definition) is 2. The highest BCUT2D eigenvalue weighted by atomic mass is 16.5. The van der Waals surface area contributed by atoms with E-state index >= 15 is 0 Å². The molecule has 1 aromatic rings. The van der Waals surface area contributed by atoms with Gasteiger partial charge in [-0.2, -0.15) is 0 Å². The highest BCUT2D eigenvalue weighted by molar-refractivity contribution is 5.94. The summed E-state index contributed by atoms with van der Waals surface area (Å²) in [6.45, 7) is 5.43. The van der Waals surface area contributed by atoms with Gasteiger partial charge in [-0.15, -0.1) is 0 Å². The molecule has 0 spiro atoms.